The normalized spacial score (nSPS) is 11.8. The molecule has 0 aliphatic heterocycles. The molecule has 0 unspecified atom stereocenters. The molecule has 0 N–H and O–H groups in total. The quantitative estimate of drug-likeness (QED) is 0.384. The van der Waals surface area contributed by atoms with E-state index in [0.717, 1.165) is 23.3 Å². The highest BCUT2D eigenvalue weighted by Gasteiger charge is 2.13. The molecule has 0 amide bonds. The maximum atomic E-state index is 12.9. The van der Waals surface area contributed by atoms with Gasteiger partial charge in [-0.25, -0.2) is 0 Å². The molecule has 0 radical (unpaired) electrons. The fourth-order valence-corrected chi connectivity index (χ4v) is 4.09. The smallest absolute Gasteiger partial charge is 0.291 e. The maximum absolute atomic E-state index is 12.9. The Kier molecular flexibility index (Phi) is 6.70. The molecule has 0 saturated carbocycles. The zero-order chi connectivity index (χ0) is 22.5. The van der Waals surface area contributed by atoms with E-state index < -0.39 is 0 Å². The summed E-state index contributed by atoms with van der Waals surface area (Å²) in [7, 11) is 0. The number of ether oxygens (including phenoxy) is 3. The van der Waals surface area contributed by atoms with E-state index in [9.17, 15) is 4.79 Å². The predicted octanol–water partition coefficient (Wildman–Crippen LogP) is 3.95. The number of hydrogen-bond donors (Lipinski definition) is 0. The van der Waals surface area contributed by atoms with Crippen molar-refractivity contribution < 1.29 is 14.2 Å². The van der Waals surface area contributed by atoms with Crippen LogP contribution >= 0.6 is 11.3 Å². The van der Waals surface area contributed by atoms with Crippen LogP contribution in [0.1, 0.15) is 32.8 Å². The van der Waals surface area contributed by atoms with Crippen molar-refractivity contribution in [3.05, 3.63) is 62.9 Å². The maximum Gasteiger partial charge on any atom is 0.291 e. The summed E-state index contributed by atoms with van der Waals surface area (Å²) in [5.41, 5.74) is 1.49. The van der Waals surface area contributed by atoms with Gasteiger partial charge >= 0.3 is 0 Å². The van der Waals surface area contributed by atoms with E-state index in [-0.39, 0.29) is 5.56 Å². The van der Waals surface area contributed by atoms with Gasteiger partial charge < -0.3 is 14.2 Å². The highest BCUT2D eigenvalue weighted by molar-refractivity contribution is 7.15. The number of benzene rings is 2. The number of hydrogen-bond acceptors (Lipinski definition) is 7. The Morgan fingerprint density at radius 3 is 2.41 bits per heavy atom. The molecule has 8 heteroatoms. The molecule has 0 aliphatic rings. The molecule has 2 heterocycles. The number of rotatable bonds is 9. The van der Waals surface area contributed by atoms with Crippen molar-refractivity contribution in [3.8, 4) is 28.6 Å². The highest BCUT2D eigenvalue weighted by atomic mass is 32.1. The summed E-state index contributed by atoms with van der Waals surface area (Å²) in [4.78, 5) is 18.0. The van der Waals surface area contributed by atoms with Crippen molar-refractivity contribution in [1.82, 2.24) is 14.6 Å². The molecule has 7 nitrogen and oxygen atoms in total. The third kappa shape index (κ3) is 4.60. The monoisotopic (exact) mass is 451 g/mol. The Morgan fingerprint density at radius 2 is 1.72 bits per heavy atom. The molecule has 0 atom stereocenters. The van der Waals surface area contributed by atoms with Gasteiger partial charge in [-0.05, 0) is 68.3 Å². The van der Waals surface area contributed by atoms with Crippen LogP contribution in [0.25, 0.3) is 22.4 Å². The summed E-state index contributed by atoms with van der Waals surface area (Å²) in [6.45, 7) is 7.68. The second-order valence-electron chi connectivity index (χ2n) is 6.99. The molecule has 0 fully saturated rings. The van der Waals surface area contributed by atoms with Gasteiger partial charge in [0.2, 0.25) is 4.96 Å². The van der Waals surface area contributed by atoms with Gasteiger partial charge in [0, 0.05) is 5.56 Å². The first-order valence-corrected chi connectivity index (χ1v) is 11.5. The van der Waals surface area contributed by atoms with E-state index in [0.29, 0.717) is 46.6 Å². The first-order valence-electron chi connectivity index (χ1n) is 10.7. The summed E-state index contributed by atoms with van der Waals surface area (Å²) in [5.74, 6) is 2.66. The SMILES string of the molecule is CCCOc1ccc(-c2nc3s/c(=C\c4ccc(OCC)c(OCC)c4)c(=O)n3n2)cc1. The van der Waals surface area contributed by atoms with Crippen LogP contribution in [0.15, 0.2) is 47.3 Å². The fraction of sp³-hybridized carbons (Fsp3) is 0.292. The molecule has 0 aliphatic carbocycles. The average molecular weight is 452 g/mol. The zero-order valence-electron chi connectivity index (χ0n) is 18.3. The van der Waals surface area contributed by atoms with Crippen molar-refractivity contribution in [2.75, 3.05) is 19.8 Å². The Balaban J connectivity index is 1.64. The lowest BCUT2D eigenvalue weighted by atomic mass is 10.2. The van der Waals surface area contributed by atoms with Crippen molar-refractivity contribution in [1.29, 1.82) is 0 Å². The van der Waals surface area contributed by atoms with Gasteiger partial charge in [0.1, 0.15) is 5.75 Å². The van der Waals surface area contributed by atoms with Crippen LogP contribution in [0.4, 0.5) is 0 Å². The van der Waals surface area contributed by atoms with E-state index in [1.54, 1.807) is 0 Å². The third-order valence-corrected chi connectivity index (χ3v) is 5.59. The van der Waals surface area contributed by atoms with Crippen LogP contribution in [0.2, 0.25) is 0 Å². The number of nitrogens with zero attached hydrogens (tertiary/aromatic N) is 3. The van der Waals surface area contributed by atoms with E-state index in [1.165, 1.54) is 15.9 Å². The van der Waals surface area contributed by atoms with Crippen LogP contribution in [-0.4, -0.2) is 34.4 Å². The molecule has 0 spiro atoms. The van der Waals surface area contributed by atoms with Gasteiger partial charge in [0.25, 0.3) is 5.56 Å². The Morgan fingerprint density at radius 1 is 0.969 bits per heavy atom. The van der Waals surface area contributed by atoms with Crippen molar-refractivity contribution in [3.63, 3.8) is 0 Å². The molecule has 0 bridgehead atoms. The highest BCUT2D eigenvalue weighted by Crippen LogP contribution is 2.29. The van der Waals surface area contributed by atoms with Crippen LogP contribution in [0.5, 0.6) is 17.2 Å². The van der Waals surface area contributed by atoms with Crippen molar-refractivity contribution in [2.45, 2.75) is 27.2 Å². The summed E-state index contributed by atoms with van der Waals surface area (Å²) in [5, 5.41) is 4.42. The number of fused-ring (bicyclic) bond motifs is 1. The average Bonchev–Trinajstić information content (AvgIpc) is 3.34. The van der Waals surface area contributed by atoms with Gasteiger partial charge in [-0.15, -0.1) is 5.10 Å². The number of aromatic nitrogens is 3. The molecule has 0 saturated heterocycles. The van der Waals surface area contributed by atoms with Crippen molar-refractivity contribution >= 4 is 22.4 Å². The molecular weight excluding hydrogens is 426 g/mol. The van der Waals surface area contributed by atoms with Crippen LogP contribution in [0.3, 0.4) is 0 Å². The predicted molar refractivity (Wildman–Crippen MR) is 126 cm³/mol. The summed E-state index contributed by atoms with van der Waals surface area (Å²) in [6.07, 6.45) is 2.77. The molecule has 32 heavy (non-hydrogen) atoms. The Hall–Kier alpha value is -3.39. The minimum atomic E-state index is -0.196. The zero-order valence-corrected chi connectivity index (χ0v) is 19.1. The van der Waals surface area contributed by atoms with E-state index in [2.05, 4.69) is 17.0 Å². The Labute approximate surface area is 189 Å². The second-order valence-corrected chi connectivity index (χ2v) is 8.00. The molecule has 2 aromatic heterocycles. The second kappa shape index (κ2) is 9.82. The lowest BCUT2D eigenvalue weighted by Gasteiger charge is -2.11. The molecular formula is C24H25N3O4S. The first-order chi connectivity index (χ1) is 15.6. The molecule has 166 valence electrons. The van der Waals surface area contributed by atoms with Crippen molar-refractivity contribution in [2.24, 2.45) is 0 Å². The van der Waals surface area contributed by atoms with E-state index in [1.807, 2.05) is 62.4 Å². The number of thiazole rings is 1. The van der Waals surface area contributed by atoms with Crippen LogP contribution < -0.4 is 24.3 Å². The van der Waals surface area contributed by atoms with Gasteiger partial charge in [-0.2, -0.15) is 9.50 Å². The van der Waals surface area contributed by atoms with Gasteiger partial charge in [0.15, 0.2) is 17.3 Å². The van der Waals surface area contributed by atoms with Gasteiger partial charge in [-0.3, -0.25) is 4.79 Å². The van der Waals surface area contributed by atoms with Crippen LogP contribution in [0, 0.1) is 0 Å². The van der Waals surface area contributed by atoms with Gasteiger partial charge in [-0.1, -0.05) is 24.3 Å². The standard InChI is InChI=1S/C24H25N3O4S/c1-4-13-31-18-10-8-17(9-11-18)22-25-24-27(26-22)23(28)21(32-24)15-16-7-12-19(29-5-2)20(14-16)30-6-3/h7-12,14-15H,4-6,13H2,1-3H3/b21-15-. The molecule has 4 rings (SSSR count). The Bertz CT molecular complexity index is 1310. The third-order valence-electron chi connectivity index (χ3n) is 4.63. The first kappa shape index (κ1) is 21.8. The lowest BCUT2D eigenvalue weighted by molar-refractivity contribution is 0.287. The fourth-order valence-electron chi connectivity index (χ4n) is 3.19. The largest absolute Gasteiger partial charge is 0.494 e. The minimum absolute atomic E-state index is 0.196. The summed E-state index contributed by atoms with van der Waals surface area (Å²) in [6, 6.07) is 13.2. The molecule has 4 aromatic rings. The van der Waals surface area contributed by atoms with E-state index >= 15 is 0 Å². The molecule has 2 aromatic carbocycles. The minimum Gasteiger partial charge on any atom is -0.494 e. The lowest BCUT2D eigenvalue weighted by Crippen LogP contribution is -2.23. The van der Waals surface area contributed by atoms with E-state index in [4.69, 9.17) is 14.2 Å². The summed E-state index contributed by atoms with van der Waals surface area (Å²) >= 11 is 1.31. The topological polar surface area (TPSA) is 75.0 Å². The summed E-state index contributed by atoms with van der Waals surface area (Å²) < 4.78 is 18.8. The van der Waals surface area contributed by atoms with Gasteiger partial charge in [0.05, 0.1) is 24.4 Å². The van der Waals surface area contributed by atoms with Crippen LogP contribution in [-0.2, 0) is 0 Å².